The summed E-state index contributed by atoms with van der Waals surface area (Å²) in [6.07, 6.45) is 1.08. The Morgan fingerprint density at radius 2 is 1.90 bits per heavy atom. The molecule has 0 fully saturated rings. The maximum absolute atomic E-state index is 10.7. The Kier molecular flexibility index (Phi) is 4.64. The fourth-order valence-electron chi connectivity index (χ4n) is 3.70. The van der Waals surface area contributed by atoms with Gasteiger partial charge in [0.25, 0.3) is 0 Å². The van der Waals surface area contributed by atoms with Crippen molar-refractivity contribution in [3.63, 3.8) is 0 Å². The summed E-state index contributed by atoms with van der Waals surface area (Å²) in [5, 5.41) is 22.8. The van der Waals surface area contributed by atoms with E-state index in [4.69, 9.17) is 27.9 Å². The van der Waals surface area contributed by atoms with Gasteiger partial charge in [-0.25, -0.2) is 4.98 Å². The highest BCUT2D eigenvalue weighted by molar-refractivity contribution is 6.34. The van der Waals surface area contributed by atoms with Gasteiger partial charge in [0.05, 0.1) is 18.0 Å². The van der Waals surface area contributed by atoms with E-state index >= 15 is 0 Å². The van der Waals surface area contributed by atoms with E-state index in [0.717, 1.165) is 27.8 Å². The molecule has 2 aromatic heterocycles. The molecule has 0 radical (unpaired) electrons. The Labute approximate surface area is 176 Å². The van der Waals surface area contributed by atoms with Gasteiger partial charge in [0, 0.05) is 39.6 Å². The largest absolute Gasteiger partial charge is 0.457 e. The highest BCUT2D eigenvalue weighted by Crippen LogP contribution is 2.39. The zero-order valence-electron chi connectivity index (χ0n) is 15.1. The number of aliphatic hydroxyl groups excluding tert-OH is 1. The number of rotatable bonds is 3. The van der Waals surface area contributed by atoms with Crippen LogP contribution < -0.4 is 10.1 Å². The number of halogens is 2. The number of nitrogens with zero attached hydrogens (tertiary/aromatic N) is 2. The Morgan fingerprint density at radius 1 is 1.07 bits per heavy atom. The fourth-order valence-corrected chi connectivity index (χ4v) is 4.21. The number of H-pyrrole nitrogens is 1. The normalized spacial score (nSPS) is 16.0. The molecule has 1 aliphatic rings. The van der Waals surface area contributed by atoms with Crippen LogP contribution in [-0.2, 0) is 6.54 Å². The molecule has 0 saturated carbocycles. The van der Waals surface area contributed by atoms with Gasteiger partial charge < -0.3 is 15.2 Å². The standard InChI is InChI=1S/C21H16Cl2N4O2/c22-12-5-13(23)7-15(6-12)29-14-3-1-2-11(4-14)19-16-8-25-27-21(16)26-17-9-24-10-18(28)20(17)19/h1-8,18,24,28H,9-10H2,(H,25,26,27). The molecular formula is C21H16Cl2N4O2. The van der Waals surface area contributed by atoms with Gasteiger partial charge in [-0.15, -0.1) is 0 Å². The van der Waals surface area contributed by atoms with Crippen molar-refractivity contribution in [2.24, 2.45) is 0 Å². The van der Waals surface area contributed by atoms with E-state index in [0.29, 0.717) is 40.3 Å². The highest BCUT2D eigenvalue weighted by Gasteiger charge is 2.26. The lowest BCUT2D eigenvalue weighted by Crippen LogP contribution is -2.29. The molecule has 2 aromatic carbocycles. The number of β-amino-alcohol motifs (C(OH)–C–C–N with tert-alkyl or cyclic N) is 1. The molecule has 0 aliphatic carbocycles. The average Bonchev–Trinajstić information content (AvgIpc) is 3.14. The summed E-state index contributed by atoms with van der Waals surface area (Å²) in [4.78, 5) is 4.62. The van der Waals surface area contributed by atoms with Crippen molar-refractivity contribution in [1.29, 1.82) is 0 Å². The van der Waals surface area contributed by atoms with Crippen LogP contribution in [0.25, 0.3) is 22.2 Å². The van der Waals surface area contributed by atoms with Crippen LogP contribution in [0, 0.1) is 0 Å². The van der Waals surface area contributed by atoms with Crippen molar-refractivity contribution in [2.45, 2.75) is 12.6 Å². The van der Waals surface area contributed by atoms with Gasteiger partial charge in [-0.3, -0.25) is 5.10 Å². The predicted octanol–water partition coefficient (Wildman–Crippen LogP) is 4.86. The summed E-state index contributed by atoms with van der Waals surface area (Å²) in [7, 11) is 0. The first-order valence-electron chi connectivity index (χ1n) is 9.07. The third kappa shape index (κ3) is 3.45. The maximum Gasteiger partial charge on any atom is 0.156 e. The third-order valence-corrected chi connectivity index (χ3v) is 5.31. The van der Waals surface area contributed by atoms with E-state index in [2.05, 4.69) is 20.5 Å². The second kappa shape index (κ2) is 7.31. The minimum atomic E-state index is -0.656. The van der Waals surface area contributed by atoms with Crippen LogP contribution in [0.2, 0.25) is 10.0 Å². The molecule has 1 unspecified atom stereocenters. The molecule has 0 amide bonds. The summed E-state index contributed by atoms with van der Waals surface area (Å²) in [6, 6.07) is 12.7. The van der Waals surface area contributed by atoms with Crippen molar-refractivity contribution in [2.75, 3.05) is 6.54 Å². The number of hydrogen-bond donors (Lipinski definition) is 3. The van der Waals surface area contributed by atoms with Crippen LogP contribution in [0.15, 0.2) is 48.7 Å². The number of aliphatic hydroxyl groups is 1. The van der Waals surface area contributed by atoms with Gasteiger partial charge in [-0.05, 0) is 35.9 Å². The van der Waals surface area contributed by atoms with E-state index in [-0.39, 0.29) is 0 Å². The van der Waals surface area contributed by atoms with Crippen molar-refractivity contribution < 1.29 is 9.84 Å². The topological polar surface area (TPSA) is 83.1 Å². The lowest BCUT2D eigenvalue weighted by atomic mass is 9.91. The first kappa shape index (κ1) is 18.4. The number of fused-ring (bicyclic) bond motifs is 2. The summed E-state index contributed by atoms with van der Waals surface area (Å²) >= 11 is 12.2. The van der Waals surface area contributed by atoms with Crippen molar-refractivity contribution in [3.8, 4) is 22.6 Å². The lowest BCUT2D eigenvalue weighted by Gasteiger charge is -2.25. The summed E-state index contributed by atoms with van der Waals surface area (Å²) < 4.78 is 5.98. The predicted molar refractivity (Wildman–Crippen MR) is 113 cm³/mol. The molecular weight excluding hydrogens is 411 g/mol. The second-order valence-electron chi connectivity index (χ2n) is 6.86. The minimum absolute atomic E-state index is 0.474. The smallest absolute Gasteiger partial charge is 0.156 e. The van der Waals surface area contributed by atoms with E-state index < -0.39 is 6.10 Å². The molecule has 1 atom stereocenters. The van der Waals surface area contributed by atoms with Crippen LogP contribution in [0.1, 0.15) is 17.4 Å². The summed E-state index contributed by atoms with van der Waals surface area (Å²) in [5.74, 6) is 1.18. The number of benzene rings is 2. The van der Waals surface area contributed by atoms with Gasteiger partial charge in [-0.1, -0.05) is 35.3 Å². The minimum Gasteiger partial charge on any atom is -0.457 e. The van der Waals surface area contributed by atoms with Crippen LogP contribution in [-0.4, -0.2) is 26.8 Å². The molecule has 6 nitrogen and oxygen atoms in total. The molecule has 146 valence electrons. The highest BCUT2D eigenvalue weighted by atomic mass is 35.5. The summed E-state index contributed by atoms with van der Waals surface area (Å²) in [5.41, 5.74) is 4.12. The number of nitrogens with one attached hydrogen (secondary N) is 2. The van der Waals surface area contributed by atoms with Gasteiger partial charge in [0.1, 0.15) is 11.5 Å². The zero-order chi connectivity index (χ0) is 20.0. The molecule has 0 spiro atoms. The van der Waals surface area contributed by atoms with Crippen LogP contribution in [0.4, 0.5) is 0 Å². The molecule has 4 aromatic rings. The molecule has 8 heteroatoms. The van der Waals surface area contributed by atoms with Crippen LogP contribution in [0.5, 0.6) is 11.5 Å². The van der Waals surface area contributed by atoms with E-state index in [1.807, 2.05) is 24.3 Å². The number of pyridine rings is 1. The van der Waals surface area contributed by atoms with Crippen LogP contribution in [0.3, 0.4) is 0 Å². The average molecular weight is 427 g/mol. The molecule has 0 saturated heterocycles. The quantitative estimate of drug-likeness (QED) is 0.435. The molecule has 3 N–H and O–H groups in total. The molecule has 3 heterocycles. The Balaban J connectivity index is 1.63. The Hall–Kier alpha value is -2.64. The maximum atomic E-state index is 10.7. The van der Waals surface area contributed by atoms with Gasteiger partial charge >= 0.3 is 0 Å². The van der Waals surface area contributed by atoms with E-state index in [1.54, 1.807) is 24.4 Å². The summed E-state index contributed by atoms with van der Waals surface area (Å²) in [6.45, 7) is 1.06. The van der Waals surface area contributed by atoms with Crippen molar-refractivity contribution in [1.82, 2.24) is 20.5 Å². The van der Waals surface area contributed by atoms with Crippen molar-refractivity contribution in [3.05, 3.63) is 70.0 Å². The number of aromatic nitrogens is 3. The Morgan fingerprint density at radius 3 is 2.72 bits per heavy atom. The van der Waals surface area contributed by atoms with Gasteiger partial charge in [0.2, 0.25) is 0 Å². The van der Waals surface area contributed by atoms with Gasteiger partial charge in [-0.2, -0.15) is 5.10 Å². The van der Waals surface area contributed by atoms with E-state index in [9.17, 15) is 5.11 Å². The molecule has 1 aliphatic heterocycles. The second-order valence-corrected chi connectivity index (χ2v) is 7.73. The van der Waals surface area contributed by atoms with Gasteiger partial charge in [0.15, 0.2) is 5.65 Å². The third-order valence-electron chi connectivity index (χ3n) is 4.87. The van der Waals surface area contributed by atoms with Crippen molar-refractivity contribution >= 4 is 34.2 Å². The van der Waals surface area contributed by atoms with E-state index in [1.165, 1.54) is 0 Å². The molecule has 0 bridgehead atoms. The number of ether oxygens (including phenoxy) is 1. The SMILES string of the molecule is OC1CNCc2nc3[nH]ncc3c(-c3cccc(Oc4cc(Cl)cc(Cl)c4)c3)c21. The first-order valence-corrected chi connectivity index (χ1v) is 9.83. The number of aromatic amines is 1. The monoisotopic (exact) mass is 426 g/mol. The molecule has 29 heavy (non-hydrogen) atoms. The zero-order valence-corrected chi connectivity index (χ0v) is 16.6. The lowest BCUT2D eigenvalue weighted by molar-refractivity contribution is 0.165. The molecule has 5 rings (SSSR count). The van der Waals surface area contributed by atoms with Crippen LogP contribution >= 0.6 is 23.2 Å². The fraction of sp³-hybridized carbons (Fsp3) is 0.143. The Bertz CT molecular complexity index is 1200. The number of hydrogen-bond acceptors (Lipinski definition) is 5. The first-order chi connectivity index (χ1) is 14.1.